The molecule has 0 aromatic heterocycles. The molecule has 70 valence electrons. The Morgan fingerprint density at radius 1 is 1.33 bits per heavy atom. The quantitative estimate of drug-likeness (QED) is 0.656. The standard InChI is InChI=1S/C10H18O2/c1-7-5-4-6-8(2)10(7,3)9(11)12/h7-8H,4-6H2,1-3H3,(H,11,12)/t7-,8?,10-/m1/s1. The first-order chi connectivity index (χ1) is 5.49. The second kappa shape index (κ2) is 3.08. The minimum absolute atomic E-state index is 0.318. The molecule has 1 aliphatic rings. The second-order valence-corrected chi connectivity index (χ2v) is 4.32. The molecule has 0 spiro atoms. The van der Waals surface area contributed by atoms with E-state index in [0.29, 0.717) is 11.8 Å². The van der Waals surface area contributed by atoms with E-state index in [1.165, 1.54) is 6.42 Å². The topological polar surface area (TPSA) is 37.3 Å². The number of rotatable bonds is 1. The monoisotopic (exact) mass is 170 g/mol. The van der Waals surface area contributed by atoms with Gasteiger partial charge in [0, 0.05) is 0 Å². The second-order valence-electron chi connectivity index (χ2n) is 4.32. The van der Waals surface area contributed by atoms with Crippen molar-refractivity contribution in [3.05, 3.63) is 0 Å². The summed E-state index contributed by atoms with van der Waals surface area (Å²) in [5.41, 5.74) is -0.488. The number of aliphatic carboxylic acids is 1. The summed E-state index contributed by atoms with van der Waals surface area (Å²) in [5.74, 6) is 0.0136. The van der Waals surface area contributed by atoms with Gasteiger partial charge < -0.3 is 5.11 Å². The first-order valence-electron chi connectivity index (χ1n) is 4.73. The molecule has 2 heteroatoms. The summed E-state index contributed by atoms with van der Waals surface area (Å²) in [4.78, 5) is 11.1. The lowest BCUT2D eigenvalue weighted by Crippen LogP contribution is -2.42. The molecule has 1 unspecified atom stereocenters. The van der Waals surface area contributed by atoms with Crippen LogP contribution in [0.25, 0.3) is 0 Å². The summed E-state index contributed by atoms with van der Waals surface area (Å²) >= 11 is 0. The summed E-state index contributed by atoms with van der Waals surface area (Å²) in [7, 11) is 0. The zero-order chi connectivity index (χ0) is 9.35. The summed E-state index contributed by atoms with van der Waals surface area (Å²) in [6, 6.07) is 0. The number of carboxylic acids is 1. The van der Waals surface area contributed by atoms with Crippen LogP contribution in [0.5, 0.6) is 0 Å². The lowest BCUT2D eigenvalue weighted by atomic mass is 9.62. The molecule has 3 atom stereocenters. The Bertz CT molecular complexity index is 176. The lowest BCUT2D eigenvalue weighted by Gasteiger charge is -2.41. The fraction of sp³-hybridized carbons (Fsp3) is 0.900. The van der Waals surface area contributed by atoms with Crippen LogP contribution in [0.15, 0.2) is 0 Å². The minimum Gasteiger partial charge on any atom is -0.481 e. The van der Waals surface area contributed by atoms with Gasteiger partial charge in [-0.2, -0.15) is 0 Å². The third-order valence-electron chi connectivity index (χ3n) is 3.78. The predicted molar refractivity (Wildman–Crippen MR) is 47.9 cm³/mol. The van der Waals surface area contributed by atoms with Gasteiger partial charge >= 0.3 is 5.97 Å². The molecule has 12 heavy (non-hydrogen) atoms. The molecule has 0 amide bonds. The van der Waals surface area contributed by atoms with Gasteiger partial charge in [-0.25, -0.2) is 0 Å². The highest BCUT2D eigenvalue weighted by Gasteiger charge is 2.45. The Labute approximate surface area is 74.0 Å². The average molecular weight is 170 g/mol. The van der Waals surface area contributed by atoms with Crippen LogP contribution < -0.4 is 0 Å². The Hall–Kier alpha value is -0.530. The third kappa shape index (κ3) is 1.23. The van der Waals surface area contributed by atoms with Gasteiger partial charge in [-0.05, 0) is 31.6 Å². The van der Waals surface area contributed by atoms with Crippen molar-refractivity contribution in [2.45, 2.75) is 40.0 Å². The Kier molecular flexibility index (Phi) is 2.45. The molecule has 0 radical (unpaired) electrons. The zero-order valence-electron chi connectivity index (χ0n) is 8.13. The van der Waals surface area contributed by atoms with E-state index in [2.05, 4.69) is 13.8 Å². The molecule has 0 saturated heterocycles. The van der Waals surface area contributed by atoms with Crippen LogP contribution in [0.1, 0.15) is 40.0 Å². The summed E-state index contributed by atoms with van der Waals surface area (Å²) in [5, 5.41) is 9.14. The van der Waals surface area contributed by atoms with Crippen LogP contribution in [0, 0.1) is 17.3 Å². The van der Waals surface area contributed by atoms with E-state index in [0.717, 1.165) is 12.8 Å². The summed E-state index contributed by atoms with van der Waals surface area (Å²) < 4.78 is 0. The van der Waals surface area contributed by atoms with E-state index in [1.807, 2.05) is 6.92 Å². The molecule has 0 aromatic carbocycles. The van der Waals surface area contributed by atoms with Crippen LogP contribution >= 0.6 is 0 Å². The maximum absolute atomic E-state index is 11.1. The molecule has 2 nitrogen and oxygen atoms in total. The minimum atomic E-state index is -0.623. The lowest BCUT2D eigenvalue weighted by molar-refractivity contribution is -0.157. The Morgan fingerprint density at radius 3 is 2.00 bits per heavy atom. The molecule has 0 heterocycles. The SMILES string of the molecule is CC1CCC[C@@H](C)[C@@]1(C)C(=O)O. The Morgan fingerprint density at radius 2 is 1.75 bits per heavy atom. The van der Waals surface area contributed by atoms with Gasteiger partial charge in [0.25, 0.3) is 0 Å². The van der Waals surface area contributed by atoms with Gasteiger partial charge in [0.1, 0.15) is 0 Å². The van der Waals surface area contributed by atoms with Crippen molar-refractivity contribution in [2.24, 2.45) is 17.3 Å². The highest BCUT2D eigenvalue weighted by molar-refractivity contribution is 5.75. The van der Waals surface area contributed by atoms with E-state index >= 15 is 0 Å². The first kappa shape index (κ1) is 9.56. The van der Waals surface area contributed by atoms with Crippen molar-refractivity contribution in [2.75, 3.05) is 0 Å². The molecular formula is C10H18O2. The molecular weight excluding hydrogens is 152 g/mol. The number of carboxylic acid groups (broad SMARTS) is 1. The first-order valence-corrected chi connectivity index (χ1v) is 4.73. The van der Waals surface area contributed by atoms with Crippen molar-refractivity contribution in [1.29, 1.82) is 0 Å². The van der Waals surface area contributed by atoms with Crippen molar-refractivity contribution in [3.63, 3.8) is 0 Å². The van der Waals surface area contributed by atoms with E-state index in [1.54, 1.807) is 0 Å². The average Bonchev–Trinajstić information content (AvgIpc) is 1.99. The molecule has 0 aromatic rings. The number of hydrogen-bond donors (Lipinski definition) is 1. The van der Waals surface area contributed by atoms with E-state index < -0.39 is 11.4 Å². The maximum atomic E-state index is 11.1. The molecule has 1 N–H and O–H groups in total. The molecule has 0 aliphatic heterocycles. The maximum Gasteiger partial charge on any atom is 0.309 e. The summed E-state index contributed by atoms with van der Waals surface area (Å²) in [6.45, 7) is 6.01. The molecule has 1 fully saturated rings. The van der Waals surface area contributed by atoms with Crippen LogP contribution in [0.2, 0.25) is 0 Å². The Balaban J connectivity index is 2.87. The van der Waals surface area contributed by atoms with Gasteiger partial charge in [-0.3, -0.25) is 4.79 Å². The van der Waals surface area contributed by atoms with Gasteiger partial charge in [-0.15, -0.1) is 0 Å². The highest BCUT2D eigenvalue weighted by Crippen LogP contribution is 2.44. The van der Waals surface area contributed by atoms with Crippen LogP contribution in [-0.4, -0.2) is 11.1 Å². The van der Waals surface area contributed by atoms with Gasteiger partial charge in [0.2, 0.25) is 0 Å². The molecule has 1 aliphatic carbocycles. The molecule has 1 saturated carbocycles. The van der Waals surface area contributed by atoms with Crippen molar-refractivity contribution >= 4 is 5.97 Å². The highest BCUT2D eigenvalue weighted by atomic mass is 16.4. The van der Waals surface area contributed by atoms with Gasteiger partial charge in [0.15, 0.2) is 0 Å². The normalized spacial score (nSPS) is 42.6. The fourth-order valence-corrected chi connectivity index (χ4v) is 2.24. The van der Waals surface area contributed by atoms with E-state index in [9.17, 15) is 4.79 Å². The third-order valence-corrected chi connectivity index (χ3v) is 3.78. The molecule has 0 bridgehead atoms. The number of carbonyl (C=O) groups is 1. The smallest absolute Gasteiger partial charge is 0.309 e. The van der Waals surface area contributed by atoms with Crippen molar-refractivity contribution in [1.82, 2.24) is 0 Å². The number of hydrogen-bond acceptors (Lipinski definition) is 1. The summed E-state index contributed by atoms with van der Waals surface area (Å²) in [6.07, 6.45) is 3.31. The van der Waals surface area contributed by atoms with E-state index in [4.69, 9.17) is 5.11 Å². The molecule has 1 rings (SSSR count). The van der Waals surface area contributed by atoms with Gasteiger partial charge in [0.05, 0.1) is 5.41 Å². The van der Waals surface area contributed by atoms with E-state index in [-0.39, 0.29) is 0 Å². The van der Waals surface area contributed by atoms with Crippen LogP contribution in [0.3, 0.4) is 0 Å². The largest absolute Gasteiger partial charge is 0.481 e. The van der Waals surface area contributed by atoms with Crippen LogP contribution in [0.4, 0.5) is 0 Å². The van der Waals surface area contributed by atoms with Crippen molar-refractivity contribution < 1.29 is 9.90 Å². The van der Waals surface area contributed by atoms with Gasteiger partial charge in [-0.1, -0.05) is 20.3 Å². The van der Waals surface area contributed by atoms with Crippen molar-refractivity contribution in [3.8, 4) is 0 Å². The zero-order valence-corrected chi connectivity index (χ0v) is 8.13. The predicted octanol–water partition coefficient (Wildman–Crippen LogP) is 2.53. The fourth-order valence-electron chi connectivity index (χ4n) is 2.24. The van der Waals surface area contributed by atoms with Crippen LogP contribution in [-0.2, 0) is 4.79 Å².